The van der Waals surface area contributed by atoms with E-state index in [0.717, 1.165) is 19.0 Å². The van der Waals surface area contributed by atoms with E-state index in [2.05, 4.69) is 25.8 Å². The first-order valence-electron chi connectivity index (χ1n) is 6.92. The van der Waals surface area contributed by atoms with E-state index in [1.807, 2.05) is 0 Å². The third-order valence-corrected chi connectivity index (χ3v) is 3.80. The summed E-state index contributed by atoms with van der Waals surface area (Å²) < 4.78 is 0. The fraction of sp³-hybridized carbons (Fsp3) is 1.00. The molecule has 0 aromatic rings. The zero-order valence-corrected chi connectivity index (χ0v) is 11.5. The molecule has 1 aliphatic rings. The van der Waals surface area contributed by atoms with Crippen molar-refractivity contribution in [1.82, 2.24) is 4.90 Å². The first-order valence-corrected chi connectivity index (χ1v) is 6.92. The summed E-state index contributed by atoms with van der Waals surface area (Å²) >= 11 is 0. The highest BCUT2D eigenvalue weighted by atomic mass is 15.1. The lowest BCUT2D eigenvalue weighted by molar-refractivity contribution is 0.184. The minimum atomic E-state index is 0.263. The summed E-state index contributed by atoms with van der Waals surface area (Å²) in [5.74, 6) is 0.932. The molecule has 0 saturated heterocycles. The van der Waals surface area contributed by atoms with Crippen LogP contribution < -0.4 is 5.73 Å². The van der Waals surface area contributed by atoms with Gasteiger partial charge in [0.25, 0.3) is 0 Å². The molecule has 0 heterocycles. The third-order valence-electron chi connectivity index (χ3n) is 3.80. The first kappa shape index (κ1) is 14.0. The second kappa shape index (κ2) is 6.61. The Balaban J connectivity index is 2.29. The first-order chi connectivity index (χ1) is 7.53. The lowest BCUT2D eigenvalue weighted by atomic mass is 9.92. The van der Waals surface area contributed by atoms with Gasteiger partial charge in [-0.1, -0.05) is 39.5 Å². The van der Waals surface area contributed by atoms with E-state index < -0.39 is 0 Å². The quantitative estimate of drug-likeness (QED) is 0.730. The average Bonchev–Trinajstić information content (AvgIpc) is 2.45. The molecular formula is C14H30N2. The summed E-state index contributed by atoms with van der Waals surface area (Å²) in [6.07, 6.45) is 8.67. The van der Waals surface area contributed by atoms with Crippen LogP contribution in [0.5, 0.6) is 0 Å². The molecule has 1 fully saturated rings. The second-order valence-corrected chi connectivity index (χ2v) is 6.42. The Morgan fingerprint density at radius 2 is 1.69 bits per heavy atom. The SMILES string of the molecule is CN(CC1CCCCCC1)CC(C)(C)CN. The van der Waals surface area contributed by atoms with Gasteiger partial charge in [-0.2, -0.15) is 0 Å². The van der Waals surface area contributed by atoms with Gasteiger partial charge in [-0.25, -0.2) is 0 Å². The molecule has 0 unspecified atom stereocenters. The van der Waals surface area contributed by atoms with Gasteiger partial charge in [0.2, 0.25) is 0 Å². The van der Waals surface area contributed by atoms with Gasteiger partial charge in [0.05, 0.1) is 0 Å². The van der Waals surface area contributed by atoms with E-state index >= 15 is 0 Å². The maximum absolute atomic E-state index is 5.79. The summed E-state index contributed by atoms with van der Waals surface area (Å²) in [6, 6.07) is 0. The van der Waals surface area contributed by atoms with Crippen LogP contribution in [0.25, 0.3) is 0 Å². The molecule has 2 heteroatoms. The van der Waals surface area contributed by atoms with E-state index in [4.69, 9.17) is 5.73 Å². The molecule has 16 heavy (non-hydrogen) atoms. The van der Waals surface area contributed by atoms with E-state index in [-0.39, 0.29) is 5.41 Å². The molecule has 0 aliphatic heterocycles. The number of hydrogen-bond acceptors (Lipinski definition) is 2. The van der Waals surface area contributed by atoms with E-state index in [1.165, 1.54) is 45.1 Å². The van der Waals surface area contributed by atoms with Crippen LogP contribution in [-0.4, -0.2) is 31.6 Å². The van der Waals surface area contributed by atoms with Gasteiger partial charge in [-0.15, -0.1) is 0 Å². The molecule has 0 amide bonds. The Labute approximate surface area is 102 Å². The monoisotopic (exact) mass is 226 g/mol. The van der Waals surface area contributed by atoms with Crippen molar-refractivity contribution >= 4 is 0 Å². The molecule has 2 N–H and O–H groups in total. The van der Waals surface area contributed by atoms with E-state index in [1.54, 1.807) is 0 Å². The van der Waals surface area contributed by atoms with Gasteiger partial charge < -0.3 is 10.6 Å². The normalized spacial score (nSPS) is 20.1. The van der Waals surface area contributed by atoms with Gasteiger partial charge in [-0.05, 0) is 37.8 Å². The Morgan fingerprint density at radius 3 is 2.19 bits per heavy atom. The fourth-order valence-electron chi connectivity index (χ4n) is 2.85. The molecule has 0 atom stereocenters. The van der Waals surface area contributed by atoms with Gasteiger partial charge in [-0.3, -0.25) is 0 Å². The maximum Gasteiger partial charge on any atom is 0.00418 e. The summed E-state index contributed by atoms with van der Waals surface area (Å²) in [4.78, 5) is 2.49. The van der Waals surface area contributed by atoms with E-state index in [0.29, 0.717) is 0 Å². The van der Waals surface area contributed by atoms with Crippen LogP contribution in [0.3, 0.4) is 0 Å². The van der Waals surface area contributed by atoms with Gasteiger partial charge in [0.1, 0.15) is 0 Å². The van der Waals surface area contributed by atoms with E-state index in [9.17, 15) is 0 Å². The average molecular weight is 226 g/mol. The number of rotatable bonds is 5. The molecule has 0 bridgehead atoms. The largest absolute Gasteiger partial charge is 0.330 e. The van der Waals surface area contributed by atoms with Crippen molar-refractivity contribution in [3.05, 3.63) is 0 Å². The van der Waals surface area contributed by atoms with Crippen LogP contribution in [0.4, 0.5) is 0 Å². The Kier molecular flexibility index (Phi) is 5.77. The smallest absolute Gasteiger partial charge is 0.00418 e. The molecule has 1 aliphatic carbocycles. The number of nitrogens with zero attached hydrogens (tertiary/aromatic N) is 1. The van der Waals surface area contributed by atoms with Crippen LogP contribution in [0.2, 0.25) is 0 Å². The standard InChI is InChI=1S/C14H30N2/c1-14(2,11-15)12-16(3)10-13-8-6-4-5-7-9-13/h13H,4-12,15H2,1-3H3. The van der Waals surface area contributed by atoms with Crippen LogP contribution in [0.1, 0.15) is 52.4 Å². The number of nitrogens with two attached hydrogens (primary N) is 1. The van der Waals surface area contributed by atoms with Gasteiger partial charge in [0.15, 0.2) is 0 Å². The zero-order chi connectivity index (χ0) is 12.0. The fourth-order valence-corrected chi connectivity index (χ4v) is 2.85. The predicted octanol–water partition coefficient (Wildman–Crippen LogP) is 2.87. The highest BCUT2D eigenvalue weighted by Gasteiger charge is 2.20. The molecule has 0 spiro atoms. The molecule has 1 saturated carbocycles. The molecule has 0 radical (unpaired) electrons. The van der Waals surface area contributed by atoms with Crippen molar-refractivity contribution < 1.29 is 0 Å². The van der Waals surface area contributed by atoms with Gasteiger partial charge in [0, 0.05) is 13.1 Å². The Hall–Kier alpha value is -0.0800. The second-order valence-electron chi connectivity index (χ2n) is 6.42. The van der Waals surface area contributed by atoms with Crippen LogP contribution >= 0.6 is 0 Å². The third kappa shape index (κ3) is 5.31. The molecule has 2 nitrogen and oxygen atoms in total. The van der Waals surface area contributed by atoms with Crippen molar-refractivity contribution in [3.8, 4) is 0 Å². The number of hydrogen-bond donors (Lipinski definition) is 1. The van der Waals surface area contributed by atoms with Crippen molar-refractivity contribution in [2.45, 2.75) is 52.4 Å². The van der Waals surface area contributed by atoms with Crippen molar-refractivity contribution in [1.29, 1.82) is 0 Å². The van der Waals surface area contributed by atoms with Crippen molar-refractivity contribution in [2.24, 2.45) is 17.1 Å². The highest BCUT2D eigenvalue weighted by Crippen LogP contribution is 2.24. The van der Waals surface area contributed by atoms with Crippen LogP contribution in [-0.2, 0) is 0 Å². The zero-order valence-electron chi connectivity index (χ0n) is 11.5. The maximum atomic E-state index is 5.79. The Bertz CT molecular complexity index is 181. The van der Waals surface area contributed by atoms with Crippen LogP contribution in [0.15, 0.2) is 0 Å². The molecule has 0 aromatic heterocycles. The molecule has 0 aromatic carbocycles. The van der Waals surface area contributed by atoms with Crippen LogP contribution in [0, 0.1) is 11.3 Å². The minimum absolute atomic E-state index is 0.263. The van der Waals surface area contributed by atoms with Crippen molar-refractivity contribution in [2.75, 3.05) is 26.7 Å². The molecular weight excluding hydrogens is 196 g/mol. The van der Waals surface area contributed by atoms with Gasteiger partial charge >= 0.3 is 0 Å². The lowest BCUT2D eigenvalue weighted by Crippen LogP contribution is -2.38. The summed E-state index contributed by atoms with van der Waals surface area (Å²) in [5.41, 5.74) is 6.05. The minimum Gasteiger partial charge on any atom is -0.330 e. The predicted molar refractivity (Wildman–Crippen MR) is 71.5 cm³/mol. The summed E-state index contributed by atoms with van der Waals surface area (Å²) in [6.45, 7) is 7.69. The topological polar surface area (TPSA) is 29.3 Å². The van der Waals surface area contributed by atoms with Crippen molar-refractivity contribution in [3.63, 3.8) is 0 Å². The summed E-state index contributed by atoms with van der Waals surface area (Å²) in [5, 5.41) is 0. The summed E-state index contributed by atoms with van der Waals surface area (Å²) in [7, 11) is 2.25. The lowest BCUT2D eigenvalue weighted by Gasteiger charge is -2.31. The molecule has 1 rings (SSSR count). The molecule has 96 valence electrons. The Morgan fingerprint density at radius 1 is 1.12 bits per heavy atom. The highest BCUT2D eigenvalue weighted by molar-refractivity contribution is 4.75.